The Hall–Kier alpha value is -1.93. The van der Waals surface area contributed by atoms with Crippen LogP contribution in [0.15, 0.2) is 109 Å². The molecule has 0 saturated carbocycles. The predicted octanol–water partition coefficient (Wildman–Crippen LogP) is 9.05. The third-order valence-electron chi connectivity index (χ3n) is 9.11. The zero-order valence-electron chi connectivity index (χ0n) is 24.4. The Morgan fingerprint density at radius 1 is 0.474 bits per heavy atom. The van der Waals surface area contributed by atoms with Crippen molar-refractivity contribution in [3.05, 3.63) is 131 Å². The van der Waals surface area contributed by atoms with Crippen molar-refractivity contribution in [1.82, 2.24) is 0 Å². The van der Waals surface area contributed by atoms with Gasteiger partial charge in [0.25, 0.3) is 0 Å². The van der Waals surface area contributed by atoms with E-state index in [1.54, 1.807) is 0 Å². The SMILES string of the molecule is [Li][C](CC(C)CC)(c1ccccc1)c1ccc(-c2ccc([C]([Li])(CC(C)CC)c3ccccc3)cc2)cc1. The Balaban J connectivity index is 1.64. The van der Waals surface area contributed by atoms with Crippen molar-refractivity contribution in [1.29, 1.82) is 0 Å². The zero-order chi connectivity index (χ0) is 27.2. The summed E-state index contributed by atoms with van der Waals surface area (Å²) >= 11 is 4.83. The molecule has 0 heterocycles. The molecule has 0 nitrogen and oxygen atoms in total. The molecule has 4 atom stereocenters. The molecular weight excluding hydrogens is 446 g/mol. The summed E-state index contributed by atoms with van der Waals surface area (Å²) in [6.45, 7) is 9.35. The van der Waals surface area contributed by atoms with Crippen molar-refractivity contribution < 1.29 is 0 Å². The molecule has 4 rings (SSSR count). The minimum absolute atomic E-state index is 0.00649. The van der Waals surface area contributed by atoms with E-state index in [1.807, 2.05) is 0 Å². The molecule has 38 heavy (non-hydrogen) atoms. The second-order valence-corrected chi connectivity index (χ2v) is 12.0. The molecule has 0 saturated heterocycles. The Kier molecular flexibility index (Phi) is 9.91. The molecule has 0 aliphatic rings. The van der Waals surface area contributed by atoms with Gasteiger partial charge in [0.2, 0.25) is 0 Å². The van der Waals surface area contributed by atoms with E-state index in [1.165, 1.54) is 46.2 Å². The van der Waals surface area contributed by atoms with Crippen molar-refractivity contribution in [3.63, 3.8) is 0 Å². The molecule has 4 aromatic carbocycles. The maximum absolute atomic E-state index is 2.42. The van der Waals surface area contributed by atoms with Crippen molar-refractivity contribution in [3.8, 4) is 11.1 Å². The normalized spacial score (nSPS) is 16.3. The number of hydrogen-bond acceptors (Lipinski definition) is 0. The third kappa shape index (κ3) is 6.44. The van der Waals surface area contributed by atoms with Gasteiger partial charge in [-0.3, -0.25) is 0 Å². The van der Waals surface area contributed by atoms with E-state index in [4.69, 9.17) is 0 Å². The average Bonchev–Trinajstić information content (AvgIpc) is 2.98. The van der Waals surface area contributed by atoms with Crippen LogP contribution in [0, 0.1) is 11.8 Å². The summed E-state index contributed by atoms with van der Waals surface area (Å²) in [6, 6.07) is 40.8. The van der Waals surface area contributed by atoms with Gasteiger partial charge >= 0.3 is 251 Å². The fraction of sp³-hybridized carbons (Fsp3) is 0.333. The first kappa shape index (κ1) is 29.1. The van der Waals surface area contributed by atoms with Crippen molar-refractivity contribution in [2.45, 2.75) is 61.6 Å². The standard InChI is InChI=1S/C36H40.2Li/c1-5-27(3)25-35(31-13-9-7-10-14-31)33-21-17-29(18-22-33)30-19-23-34(24-20-30)36(26-28(4)6-2)32-15-11-8-12-16-32;;/h7-24,27-28H,5-6,25-26H2,1-4H3;;. The minimum atomic E-state index is 0.00649. The van der Waals surface area contributed by atoms with Gasteiger partial charge in [0, 0.05) is 0 Å². The van der Waals surface area contributed by atoms with Crippen molar-refractivity contribution in [2.75, 3.05) is 0 Å². The first-order valence-corrected chi connectivity index (χ1v) is 14.6. The summed E-state index contributed by atoms with van der Waals surface area (Å²) in [4.78, 5) is 0. The van der Waals surface area contributed by atoms with Crippen LogP contribution in [0.4, 0.5) is 0 Å². The van der Waals surface area contributed by atoms with Crippen LogP contribution in [-0.2, 0) is 8.18 Å². The van der Waals surface area contributed by atoms with Gasteiger partial charge in [0.1, 0.15) is 0 Å². The van der Waals surface area contributed by atoms with E-state index < -0.39 is 0 Å². The van der Waals surface area contributed by atoms with Gasteiger partial charge in [-0.1, -0.05) is 0 Å². The Morgan fingerprint density at radius 3 is 1.05 bits per heavy atom. The van der Waals surface area contributed by atoms with Crippen LogP contribution < -0.4 is 0 Å². The molecular formula is C36H40Li2. The topological polar surface area (TPSA) is 0 Å². The first-order valence-electron chi connectivity index (χ1n) is 14.6. The Labute approximate surface area is 250 Å². The van der Waals surface area contributed by atoms with Crippen LogP contribution in [0.25, 0.3) is 11.1 Å². The Morgan fingerprint density at radius 2 is 0.763 bits per heavy atom. The van der Waals surface area contributed by atoms with Crippen LogP contribution >= 0.6 is 0 Å². The molecule has 0 amide bonds. The number of benzene rings is 4. The van der Waals surface area contributed by atoms with E-state index >= 15 is 0 Å². The quantitative estimate of drug-likeness (QED) is 0.186. The number of rotatable bonds is 11. The van der Waals surface area contributed by atoms with E-state index in [9.17, 15) is 0 Å². The fourth-order valence-electron chi connectivity index (χ4n) is 6.16. The van der Waals surface area contributed by atoms with Crippen LogP contribution in [-0.4, -0.2) is 35.4 Å². The van der Waals surface area contributed by atoms with Gasteiger partial charge in [0.05, 0.1) is 0 Å². The first-order chi connectivity index (χ1) is 18.3. The van der Waals surface area contributed by atoms with Gasteiger partial charge < -0.3 is 0 Å². The van der Waals surface area contributed by atoms with E-state index in [-0.39, 0.29) is 8.18 Å². The van der Waals surface area contributed by atoms with Gasteiger partial charge in [-0.05, 0) is 0 Å². The average molecular weight is 487 g/mol. The van der Waals surface area contributed by atoms with Gasteiger partial charge in [0.15, 0.2) is 0 Å². The summed E-state index contributed by atoms with van der Waals surface area (Å²) in [6.07, 6.45) is 4.70. The molecule has 0 N–H and O–H groups in total. The van der Waals surface area contributed by atoms with Crippen LogP contribution in [0.5, 0.6) is 0 Å². The molecule has 4 unspecified atom stereocenters. The molecule has 0 radical (unpaired) electrons. The summed E-state index contributed by atoms with van der Waals surface area (Å²) in [5.41, 5.74) is 8.16. The fourth-order valence-corrected chi connectivity index (χ4v) is 6.16. The summed E-state index contributed by atoms with van der Waals surface area (Å²) in [7, 11) is 0. The van der Waals surface area contributed by atoms with Crippen molar-refractivity contribution >= 4 is 35.4 Å². The molecule has 4 aromatic rings. The predicted molar refractivity (Wildman–Crippen MR) is 166 cm³/mol. The molecule has 0 aliphatic heterocycles. The molecule has 0 aromatic heterocycles. The van der Waals surface area contributed by atoms with Gasteiger partial charge in [-0.25, -0.2) is 0 Å². The van der Waals surface area contributed by atoms with E-state index in [0.29, 0.717) is 11.8 Å². The summed E-state index contributed by atoms with van der Waals surface area (Å²) < 4.78 is 0.0130. The molecule has 2 heteroatoms. The molecule has 186 valence electrons. The van der Waals surface area contributed by atoms with E-state index in [2.05, 4.69) is 172 Å². The van der Waals surface area contributed by atoms with Crippen LogP contribution in [0.2, 0.25) is 0 Å². The summed E-state index contributed by atoms with van der Waals surface area (Å²) in [5.74, 6) is 1.34. The molecule has 0 spiro atoms. The maximum atomic E-state index is 2.42. The molecule has 0 bridgehead atoms. The van der Waals surface area contributed by atoms with Gasteiger partial charge in [-0.15, -0.1) is 0 Å². The monoisotopic (exact) mass is 486 g/mol. The number of hydrogen-bond donors (Lipinski definition) is 0. The Bertz CT molecular complexity index is 1160. The second-order valence-electron chi connectivity index (χ2n) is 12.0. The van der Waals surface area contributed by atoms with Crippen molar-refractivity contribution in [2.24, 2.45) is 11.8 Å². The van der Waals surface area contributed by atoms with Crippen LogP contribution in [0.3, 0.4) is 0 Å². The zero-order valence-corrected chi connectivity index (χ0v) is 24.4. The van der Waals surface area contributed by atoms with Crippen LogP contribution in [0.1, 0.15) is 75.6 Å². The van der Waals surface area contributed by atoms with E-state index in [0.717, 1.165) is 12.8 Å². The summed E-state index contributed by atoms with van der Waals surface area (Å²) in [5, 5.41) is 0. The third-order valence-corrected chi connectivity index (χ3v) is 9.11. The van der Waals surface area contributed by atoms with Gasteiger partial charge in [-0.2, -0.15) is 0 Å². The molecule has 0 fully saturated rings. The second kappa shape index (κ2) is 13.0. The molecule has 0 aliphatic carbocycles.